The van der Waals surface area contributed by atoms with Gasteiger partial charge in [0, 0.05) is 48.0 Å². The predicted octanol–water partition coefficient (Wildman–Crippen LogP) is 2.89. The van der Waals surface area contributed by atoms with E-state index in [1.165, 1.54) is 0 Å². The molecule has 0 aromatic heterocycles. The maximum Gasteiger partial charge on any atom is 0.224 e. The van der Waals surface area contributed by atoms with Crippen molar-refractivity contribution < 1.29 is 9.00 Å². The van der Waals surface area contributed by atoms with Crippen LogP contribution in [0.15, 0.2) is 59.5 Å². The molecule has 0 radical (unpaired) electrons. The van der Waals surface area contributed by atoms with E-state index in [0.29, 0.717) is 6.54 Å². The fourth-order valence-corrected chi connectivity index (χ4v) is 2.83. The monoisotopic (exact) mass is 366 g/mol. The van der Waals surface area contributed by atoms with Gasteiger partial charge in [-0.05, 0) is 23.3 Å². The first kappa shape index (κ1) is 20.4. The molecule has 0 saturated heterocycles. The summed E-state index contributed by atoms with van der Waals surface area (Å²) in [6.07, 6.45) is 1.92. The van der Waals surface area contributed by atoms with Crippen LogP contribution in [0.25, 0.3) is 0 Å². The Kier molecular flexibility index (Phi) is 8.11. The number of benzene rings is 2. The first-order valence-electron chi connectivity index (χ1n) is 7.44. The minimum absolute atomic E-state index is 0. The van der Waals surface area contributed by atoms with Gasteiger partial charge < -0.3 is 10.6 Å². The molecule has 0 spiro atoms. The van der Waals surface area contributed by atoms with E-state index in [4.69, 9.17) is 5.73 Å². The summed E-state index contributed by atoms with van der Waals surface area (Å²) in [5.41, 5.74) is 8.06. The molecule has 0 aliphatic rings. The molecule has 2 unspecified atom stereocenters. The number of hydrogen-bond acceptors (Lipinski definition) is 3. The highest BCUT2D eigenvalue weighted by Gasteiger charge is 2.15. The summed E-state index contributed by atoms with van der Waals surface area (Å²) in [7, 11) is 0.785. The molecule has 130 valence electrons. The molecule has 2 atom stereocenters. The SMILES string of the molecule is CN(Cc1ccc(S(C)=O)cc1)C(=O)CC(N)c1ccccc1.Cl. The highest BCUT2D eigenvalue weighted by Crippen LogP contribution is 2.16. The first-order valence-corrected chi connectivity index (χ1v) is 9.00. The lowest BCUT2D eigenvalue weighted by atomic mass is 10.0. The van der Waals surface area contributed by atoms with Gasteiger partial charge >= 0.3 is 0 Å². The molecule has 0 aliphatic heterocycles. The van der Waals surface area contributed by atoms with Gasteiger partial charge in [0.2, 0.25) is 5.91 Å². The molecular formula is C18H23ClN2O2S. The molecule has 2 N–H and O–H groups in total. The van der Waals surface area contributed by atoms with Crippen LogP contribution in [0.1, 0.15) is 23.6 Å². The second kappa shape index (κ2) is 9.57. The van der Waals surface area contributed by atoms with Crippen molar-refractivity contribution in [3.05, 3.63) is 65.7 Å². The van der Waals surface area contributed by atoms with E-state index >= 15 is 0 Å². The van der Waals surface area contributed by atoms with Crippen LogP contribution in [0, 0.1) is 0 Å². The van der Waals surface area contributed by atoms with E-state index in [-0.39, 0.29) is 30.8 Å². The third-order valence-corrected chi connectivity index (χ3v) is 4.66. The molecule has 1 amide bonds. The van der Waals surface area contributed by atoms with E-state index in [1.54, 1.807) is 18.2 Å². The molecule has 0 saturated carbocycles. The minimum Gasteiger partial charge on any atom is -0.341 e. The number of halogens is 1. The van der Waals surface area contributed by atoms with Gasteiger partial charge in [-0.1, -0.05) is 42.5 Å². The zero-order valence-corrected chi connectivity index (χ0v) is 15.5. The van der Waals surface area contributed by atoms with E-state index in [2.05, 4.69) is 0 Å². The summed E-state index contributed by atoms with van der Waals surface area (Å²) in [6.45, 7) is 0.511. The summed E-state index contributed by atoms with van der Waals surface area (Å²) in [5.74, 6) is 0.00416. The van der Waals surface area contributed by atoms with Crippen molar-refractivity contribution in [2.75, 3.05) is 13.3 Å². The minimum atomic E-state index is -0.985. The van der Waals surface area contributed by atoms with Crippen molar-refractivity contribution in [3.63, 3.8) is 0 Å². The molecule has 2 rings (SSSR count). The lowest BCUT2D eigenvalue weighted by Gasteiger charge is -2.20. The highest BCUT2D eigenvalue weighted by molar-refractivity contribution is 7.84. The molecule has 4 nitrogen and oxygen atoms in total. The van der Waals surface area contributed by atoms with Crippen LogP contribution in [0.2, 0.25) is 0 Å². The Hall–Kier alpha value is -1.69. The van der Waals surface area contributed by atoms with Gasteiger partial charge in [0.1, 0.15) is 0 Å². The van der Waals surface area contributed by atoms with Gasteiger partial charge in [0.15, 0.2) is 0 Å². The quantitative estimate of drug-likeness (QED) is 0.854. The van der Waals surface area contributed by atoms with Crippen LogP contribution in [0.3, 0.4) is 0 Å². The van der Waals surface area contributed by atoms with Crippen molar-refractivity contribution in [1.82, 2.24) is 4.90 Å². The summed E-state index contributed by atoms with van der Waals surface area (Å²) in [5, 5.41) is 0. The Morgan fingerprint density at radius 2 is 1.71 bits per heavy atom. The van der Waals surface area contributed by atoms with Crippen molar-refractivity contribution in [2.24, 2.45) is 5.73 Å². The number of carbonyl (C=O) groups excluding carboxylic acids is 1. The smallest absolute Gasteiger partial charge is 0.224 e. The van der Waals surface area contributed by atoms with Gasteiger partial charge in [0.25, 0.3) is 0 Å². The van der Waals surface area contributed by atoms with E-state index in [1.807, 2.05) is 54.6 Å². The highest BCUT2D eigenvalue weighted by atomic mass is 35.5. The van der Waals surface area contributed by atoms with E-state index in [9.17, 15) is 9.00 Å². The number of nitrogens with zero attached hydrogens (tertiary/aromatic N) is 1. The van der Waals surface area contributed by atoms with E-state index in [0.717, 1.165) is 16.0 Å². The number of amides is 1. The second-order valence-electron chi connectivity index (χ2n) is 5.57. The lowest BCUT2D eigenvalue weighted by molar-refractivity contribution is -0.130. The topological polar surface area (TPSA) is 63.4 Å². The average Bonchev–Trinajstić information content (AvgIpc) is 2.56. The normalized spacial score (nSPS) is 12.8. The molecule has 0 bridgehead atoms. The average molecular weight is 367 g/mol. The first-order chi connectivity index (χ1) is 11.0. The Morgan fingerprint density at radius 3 is 2.25 bits per heavy atom. The third kappa shape index (κ3) is 5.74. The van der Waals surface area contributed by atoms with Crippen LogP contribution in [0.5, 0.6) is 0 Å². The molecule has 6 heteroatoms. The summed E-state index contributed by atoms with van der Waals surface area (Å²) < 4.78 is 11.4. The predicted molar refractivity (Wildman–Crippen MR) is 100 cm³/mol. The molecule has 2 aromatic carbocycles. The standard InChI is InChI=1S/C18H22N2O2S.ClH/c1-20(13-14-8-10-16(11-9-14)23(2)22)18(21)12-17(19)15-6-4-3-5-7-15;/h3-11,17H,12-13,19H2,1-2H3;1H. The zero-order valence-electron chi connectivity index (χ0n) is 13.8. The molecule has 2 aromatic rings. The summed E-state index contributed by atoms with van der Waals surface area (Å²) in [6, 6.07) is 16.8. The molecule has 0 aliphatic carbocycles. The number of hydrogen-bond donors (Lipinski definition) is 1. The van der Waals surface area contributed by atoms with Gasteiger partial charge in [0.05, 0.1) is 0 Å². The Bertz CT molecular complexity index is 677. The zero-order chi connectivity index (χ0) is 16.8. The molecule has 0 fully saturated rings. The van der Waals surface area contributed by atoms with Crippen LogP contribution in [0.4, 0.5) is 0 Å². The third-order valence-electron chi connectivity index (χ3n) is 3.72. The van der Waals surface area contributed by atoms with Crippen molar-refractivity contribution in [1.29, 1.82) is 0 Å². The number of carbonyl (C=O) groups is 1. The van der Waals surface area contributed by atoms with Gasteiger partial charge in [-0.25, -0.2) is 0 Å². The van der Waals surface area contributed by atoms with Gasteiger partial charge in [-0.2, -0.15) is 0 Å². The van der Waals surface area contributed by atoms with Crippen molar-refractivity contribution in [2.45, 2.75) is 23.9 Å². The van der Waals surface area contributed by atoms with E-state index < -0.39 is 10.8 Å². The summed E-state index contributed by atoms with van der Waals surface area (Å²) >= 11 is 0. The number of nitrogens with two attached hydrogens (primary N) is 1. The van der Waals surface area contributed by atoms with Crippen molar-refractivity contribution >= 4 is 29.1 Å². The fourth-order valence-electron chi connectivity index (χ4n) is 2.31. The molecule has 0 heterocycles. The number of rotatable bonds is 6. The lowest BCUT2D eigenvalue weighted by Crippen LogP contribution is -2.29. The summed E-state index contributed by atoms with van der Waals surface area (Å²) in [4.78, 5) is 14.8. The van der Waals surface area contributed by atoms with Crippen LogP contribution < -0.4 is 5.73 Å². The maximum atomic E-state index is 12.3. The van der Waals surface area contributed by atoms with Gasteiger partial charge in [-0.3, -0.25) is 9.00 Å². The Morgan fingerprint density at radius 1 is 1.12 bits per heavy atom. The molecular weight excluding hydrogens is 344 g/mol. The second-order valence-corrected chi connectivity index (χ2v) is 6.95. The maximum absolute atomic E-state index is 12.3. The van der Waals surface area contributed by atoms with Crippen LogP contribution in [-0.4, -0.2) is 28.3 Å². The van der Waals surface area contributed by atoms with Crippen LogP contribution in [-0.2, 0) is 22.1 Å². The fraction of sp³-hybridized carbons (Fsp3) is 0.278. The van der Waals surface area contributed by atoms with Crippen LogP contribution >= 0.6 is 12.4 Å². The molecule has 24 heavy (non-hydrogen) atoms. The Labute approximate surface area is 151 Å². The largest absolute Gasteiger partial charge is 0.341 e. The van der Waals surface area contributed by atoms with Gasteiger partial charge in [-0.15, -0.1) is 12.4 Å². The van der Waals surface area contributed by atoms with Crippen molar-refractivity contribution in [3.8, 4) is 0 Å². The Balaban J connectivity index is 0.00000288.